The van der Waals surface area contributed by atoms with Gasteiger partial charge in [0.25, 0.3) is 0 Å². The molecule has 1 heterocycles. The first kappa shape index (κ1) is 17.5. The lowest BCUT2D eigenvalue weighted by atomic mass is 9.49. The summed E-state index contributed by atoms with van der Waals surface area (Å²) in [5, 5.41) is 2.99. The van der Waals surface area contributed by atoms with E-state index in [2.05, 4.69) is 10.2 Å². The molecule has 3 nitrogen and oxygen atoms in total. The highest BCUT2D eigenvalue weighted by atomic mass is 19.1. The van der Waals surface area contributed by atoms with Gasteiger partial charge in [-0.2, -0.15) is 0 Å². The number of nitrogens with zero attached hydrogens (tertiary/aromatic N) is 1. The second-order valence-corrected chi connectivity index (χ2v) is 9.86. The van der Waals surface area contributed by atoms with Crippen LogP contribution in [0.25, 0.3) is 0 Å². The van der Waals surface area contributed by atoms with Crippen LogP contribution in [0.4, 0.5) is 15.8 Å². The van der Waals surface area contributed by atoms with Crippen molar-refractivity contribution in [2.45, 2.75) is 64.2 Å². The Morgan fingerprint density at radius 2 is 1.67 bits per heavy atom. The predicted molar refractivity (Wildman–Crippen MR) is 106 cm³/mol. The summed E-state index contributed by atoms with van der Waals surface area (Å²) in [5.74, 6) is 2.41. The van der Waals surface area contributed by atoms with Crippen molar-refractivity contribution in [2.24, 2.45) is 23.2 Å². The van der Waals surface area contributed by atoms with E-state index >= 15 is 0 Å². The summed E-state index contributed by atoms with van der Waals surface area (Å²) in [6, 6.07) is 5.20. The van der Waals surface area contributed by atoms with E-state index in [0.717, 1.165) is 43.7 Å². The van der Waals surface area contributed by atoms with Crippen LogP contribution in [0, 0.1) is 29.0 Å². The van der Waals surface area contributed by atoms with Crippen LogP contribution in [0.3, 0.4) is 0 Å². The van der Waals surface area contributed by atoms with Crippen LogP contribution < -0.4 is 10.2 Å². The topological polar surface area (TPSA) is 32.3 Å². The lowest BCUT2D eigenvalue weighted by Gasteiger charge is -2.56. The van der Waals surface area contributed by atoms with Gasteiger partial charge >= 0.3 is 0 Å². The van der Waals surface area contributed by atoms with Gasteiger partial charge in [-0.05, 0) is 99.2 Å². The van der Waals surface area contributed by atoms with E-state index in [0.29, 0.717) is 17.8 Å². The second-order valence-electron chi connectivity index (χ2n) is 9.86. The third kappa shape index (κ3) is 3.48. The number of carbonyl (C=O) groups excluding carboxylic acids is 1. The number of nitrogens with one attached hydrogen (secondary N) is 1. The first-order chi connectivity index (χ1) is 13.1. The molecule has 4 aliphatic carbocycles. The molecule has 1 saturated heterocycles. The van der Waals surface area contributed by atoms with Gasteiger partial charge in [-0.3, -0.25) is 4.79 Å². The number of hydrogen-bond acceptors (Lipinski definition) is 2. The van der Waals surface area contributed by atoms with E-state index in [1.165, 1.54) is 51.0 Å². The molecule has 1 aromatic rings. The lowest BCUT2D eigenvalue weighted by molar-refractivity contribution is -0.124. The second kappa shape index (κ2) is 6.79. The standard InChI is InChI=1S/C23H31FN2O/c24-20-11-19(4-5-21(20)26-6-2-1-3-7-26)25-22(27)15-23-12-16-8-17(13-23)10-18(9-16)14-23/h4-5,11,16-18H,1-3,6-10,12-15H2,(H,25,27). The molecule has 1 aliphatic heterocycles. The van der Waals surface area contributed by atoms with Crippen molar-refractivity contribution in [2.75, 3.05) is 23.3 Å². The van der Waals surface area contributed by atoms with Crippen molar-refractivity contribution in [3.05, 3.63) is 24.0 Å². The van der Waals surface area contributed by atoms with Crippen LogP contribution in [-0.4, -0.2) is 19.0 Å². The number of benzene rings is 1. The number of piperidine rings is 1. The molecule has 5 fully saturated rings. The zero-order valence-corrected chi connectivity index (χ0v) is 16.2. The Kier molecular flexibility index (Phi) is 4.40. The van der Waals surface area contributed by atoms with E-state index in [4.69, 9.17) is 0 Å². The van der Waals surface area contributed by atoms with E-state index in [1.807, 2.05) is 12.1 Å². The first-order valence-corrected chi connectivity index (χ1v) is 10.9. The minimum Gasteiger partial charge on any atom is -0.369 e. The van der Waals surface area contributed by atoms with Gasteiger partial charge < -0.3 is 10.2 Å². The fourth-order valence-electron chi connectivity index (χ4n) is 7.03. The molecule has 0 unspecified atom stereocenters. The Morgan fingerprint density at radius 3 is 2.26 bits per heavy atom. The summed E-state index contributed by atoms with van der Waals surface area (Å²) in [6.45, 7) is 1.85. The molecule has 0 aromatic heterocycles. The average molecular weight is 371 g/mol. The molecule has 4 heteroatoms. The molecule has 1 amide bonds. The summed E-state index contributed by atoms with van der Waals surface area (Å²) in [7, 11) is 0. The highest BCUT2D eigenvalue weighted by Gasteiger charge is 2.51. The molecule has 27 heavy (non-hydrogen) atoms. The maximum atomic E-state index is 14.6. The third-order valence-electron chi connectivity index (χ3n) is 7.63. The molecular formula is C23H31FN2O. The molecule has 0 radical (unpaired) electrons. The Labute approximate surface area is 161 Å². The average Bonchev–Trinajstić information content (AvgIpc) is 2.61. The van der Waals surface area contributed by atoms with Gasteiger partial charge in [0, 0.05) is 25.2 Å². The minimum absolute atomic E-state index is 0.0714. The van der Waals surface area contributed by atoms with E-state index < -0.39 is 0 Å². The van der Waals surface area contributed by atoms with Crippen LogP contribution >= 0.6 is 0 Å². The molecule has 6 rings (SSSR count). The summed E-state index contributed by atoms with van der Waals surface area (Å²) < 4.78 is 14.6. The maximum Gasteiger partial charge on any atom is 0.224 e. The van der Waals surface area contributed by atoms with Gasteiger partial charge in [0.15, 0.2) is 0 Å². The molecule has 1 N–H and O–H groups in total. The van der Waals surface area contributed by atoms with Gasteiger partial charge in [0.05, 0.1) is 5.69 Å². The van der Waals surface area contributed by atoms with Crippen LogP contribution in [0.5, 0.6) is 0 Å². The van der Waals surface area contributed by atoms with Crippen molar-refractivity contribution < 1.29 is 9.18 Å². The zero-order chi connectivity index (χ0) is 18.4. The van der Waals surface area contributed by atoms with E-state index in [9.17, 15) is 9.18 Å². The summed E-state index contributed by atoms with van der Waals surface area (Å²) >= 11 is 0. The molecule has 4 saturated carbocycles. The third-order valence-corrected chi connectivity index (χ3v) is 7.63. The molecule has 5 aliphatic rings. The number of amides is 1. The van der Waals surface area contributed by atoms with Crippen LogP contribution in [0.15, 0.2) is 18.2 Å². The van der Waals surface area contributed by atoms with Gasteiger partial charge in [0.1, 0.15) is 5.82 Å². The predicted octanol–water partition coefficient (Wildman–Crippen LogP) is 5.36. The van der Waals surface area contributed by atoms with Crippen molar-refractivity contribution in [1.29, 1.82) is 0 Å². The van der Waals surface area contributed by atoms with Gasteiger partial charge in [0.2, 0.25) is 5.91 Å². The SMILES string of the molecule is O=C(CC12CC3CC(CC(C3)C1)C2)Nc1ccc(N2CCCCC2)c(F)c1. The number of rotatable bonds is 4. The zero-order valence-electron chi connectivity index (χ0n) is 16.2. The fraction of sp³-hybridized carbons (Fsp3) is 0.696. The smallest absolute Gasteiger partial charge is 0.224 e. The van der Waals surface area contributed by atoms with Crippen molar-refractivity contribution in [1.82, 2.24) is 0 Å². The van der Waals surface area contributed by atoms with Crippen LogP contribution in [0.2, 0.25) is 0 Å². The van der Waals surface area contributed by atoms with Crippen LogP contribution in [-0.2, 0) is 4.79 Å². The molecule has 0 atom stereocenters. The van der Waals surface area contributed by atoms with Crippen molar-refractivity contribution in [3.63, 3.8) is 0 Å². The summed E-state index contributed by atoms with van der Waals surface area (Å²) in [4.78, 5) is 14.9. The molecule has 0 spiro atoms. The Balaban J connectivity index is 1.24. The first-order valence-electron chi connectivity index (χ1n) is 10.9. The number of anilines is 2. The Bertz CT molecular complexity index is 690. The van der Waals surface area contributed by atoms with Gasteiger partial charge in [-0.1, -0.05) is 0 Å². The monoisotopic (exact) mass is 370 g/mol. The Morgan fingerprint density at radius 1 is 1.04 bits per heavy atom. The van der Waals surface area contributed by atoms with E-state index in [1.54, 1.807) is 0 Å². The quantitative estimate of drug-likeness (QED) is 0.774. The largest absolute Gasteiger partial charge is 0.369 e. The molecule has 1 aromatic carbocycles. The highest BCUT2D eigenvalue weighted by Crippen LogP contribution is 2.61. The maximum absolute atomic E-state index is 14.6. The van der Waals surface area contributed by atoms with Gasteiger partial charge in [-0.15, -0.1) is 0 Å². The van der Waals surface area contributed by atoms with Crippen molar-refractivity contribution in [3.8, 4) is 0 Å². The van der Waals surface area contributed by atoms with Crippen LogP contribution in [0.1, 0.15) is 64.2 Å². The Hall–Kier alpha value is -1.58. The summed E-state index contributed by atoms with van der Waals surface area (Å²) in [6.07, 6.45) is 12.0. The highest BCUT2D eigenvalue weighted by molar-refractivity contribution is 5.91. The van der Waals surface area contributed by atoms with E-state index in [-0.39, 0.29) is 17.1 Å². The molecule has 146 valence electrons. The fourth-order valence-corrected chi connectivity index (χ4v) is 7.03. The normalized spacial score (nSPS) is 34.7. The number of carbonyl (C=O) groups is 1. The lowest BCUT2D eigenvalue weighted by Crippen LogP contribution is -2.47. The minimum atomic E-state index is -0.218. The van der Waals surface area contributed by atoms with Gasteiger partial charge in [-0.25, -0.2) is 4.39 Å². The number of halogens is 1. The molecular weight excluding hydrogens is 339 g/mol. The molecule has 4 bridgehead atoms. The number of hydrogen-bond donors (Lipinski definition) is 1. The summed E-state index contributed by atoms with van der Waals surface area (Å²) in [5.41, 5.74) is 1.50. The van der Waals surface area contributed by atoms with Crippen molar-refractivity contribution >= 4 is 17.3 Å².